The van der Waals surface area contributed by atoms with Crippen molar-refractivity contribution in [1.29, 1.82) is 0 Å². The van der Waals surface area contributed by atoms with Gasteiger partial charge in [0.25, 0.3) is 0 Å². The monoisotopic (exact) mass is 745 g/mol. The fourth-order valence-electron chi connectivity index (χ4n) is 5.85. The van der Waals surface area contributed by atoms with Crippen LogP contribution in [-0.4, -0.2) is 0 Å². The number of fused-ring (bicyclic) bond motifs is 3. The molecule has 1 nitrogen and oxygen atoms in total. The quantitative estimate of drug-likeness (QED) is 0.133. The second-order valence-corrected chi connectivity index (χ2v) is 14.6. The van der Waals surface area contributed by atoms with Crippen molar-refractivity contribution in [3.05, 3.63) is 241 Å². The maximum absolute atomic E-state index is 6.29. The lowest BCUT2D eigenvalue weighted by molar-refractivity contribution is 1.48. The second-order valence-electron chi connectivity index (χ2n) is 13.6. The Morgan fingerprint density at radius 1 is 0.500 bits per heavy atom. The molecule has 1 aromatic heterocycles. The van der Waals surface area contributed by atoms with Gasteiger partial charge in [-0.25, -0.2) is 0 Å². The molecule has 0 fully saturated rings. The van der Waals surface area contributed by atoms with Crippen molar-refractivity contribution in [2.24, 2.45) is 0 Å². The van der Waals surface area contributed by atoms with Crippen LogP contribution < -0.4 is 5.73 Å². The van der Waals surface area contributed by atoms with Crippen molar-refractivity contribution < 1.29 is 0 Å². The molecule has 0 saturated heterocycles. The van der Waals surface area contributed by atoms with Crippen LogP contribution in [0.2, 0.25) is 0 Å². The Kier molecular flexibility index (Phi) is 15.6. The van der Waals surface area contributed by atoms with Gasteiger partial charge in [-0.1, -0.05) is 205 Å². The molecule has 0 amide bonds. The summed E-state index contributed by atoms with van der Waals surface area (Å²) in [5, 5.41) is 2.64. The number of nitrogens with two attached hydrogens (primary N) is 1. The molecule has 8 rings (SSSR count). The maximum Gasteiger partial charge on any atom is 0.0388 e. The van der Waals surface area contributed by atoms with Crippen molar-refractivity contribution in [3.8, 4) is 22.3 Å². The van der Waals surface area contributed by atoms with Gasteiger partial charge in [0.05, 0.1) is 0 Å². The van der Waals surface area contributed by atoms with Gasteiger partial charge in [0, 0.05) is 25.9 Å². The summed E-state index contributed by atoms with van der Waals surface area (Å²) in [7, 11) is 0. The van der Waals surface area contributed by atoms with Crippen LogP contribution in [-0.2, 0) is 0 Å². The van der Waals surface area contributed by atoms with Crippen LogP contribution in [0.15, 0.2) is 218 Å². The summed E-state index contributed by atoms with van der Waals surface area (Å²) < 4.78 is 2.66. The summed E-state index contributed by atoms with van der Waals surface area (Å²) >= 11 is 1.85. The molecule has 278 valence electrons. The van der Waals surface area contributed by atoms with Crippen molar-refractivity contribution in [2.45, 2.75) is 27.7 Å². The minimum Gasteiger partial charge on any atom is -0.398 e. The van der Waals surface area contributed by atoms with Crippen LogP contribution >= 0.6 is 11.3 Å². The molecule has 0 saturated carbocycles. The molecule has 7 aromatic carbocycles. The van der Waals surface area contributed by atoms with Crippen LogP contribution in [0, 0.1) is 20.8 Å². The first-order valence-corrected chi connectivity index (χ1v) is 19.7. The second kappa shape index (κ2) is 21.4. The number of thiophene rings is 1. The first-order chi connectivity index (χ1) is 27.3. The highest BCUT2D eigenvalue weighted by atomic mass is 32.1. The van der Waals surface area contributed by atoms with E-state index in [2.05, 4.69) is 168 Å². The normalized spacial score (nSPS) is 11.0. The first kappa shape index (κ1) is 40.7. The zero-order valence-electron chi connectivity index (χ0n) is 32.9. The average Bonchev–Trinajstić information content (AvgIpc) is 3.60. The highest BCUT2D eigenvalue weighted by molar-refractivity contribution is 7.25. The number of nitrogen functional groups attached to an aromatic ring is 1. The van der Waals surface area contributed by atoms with Crippen LogP contribution in [0.25, 0.3) is 48.5 Å². The summed E-state index contributed by atoms with van der Waals surface area (Å²) in [5.41, 5.74) is 17.9. The molecule has 0 bridgehead atoms. The van der Waals surface area contributed by atoms with E-state index in [0.717, 1.165) is 22.4 Å². The van der Waals surface area contributed by atoms with Gasteiger partial charge in [0.1, 0.15) is 0 Å². The molecule has 0 aliphatic carbocycles. The minimum absolute atomic E-state index is 0.769. The standard InChI is InChI=1S/C33H27NS.3C7H8/c1-3-4-5-9-23(2)14-15-28-21-26(16-18-31(28)34)24-10-8-11-25(20-24)27-17-19-33-30(22-27)29-12-6-7-13-32(29)35-33;3*1-7-5-3-2-4-6-7/h3-22H,1,34H2,2H3;3*2-6H,1H3/b5-4-,15-14-,23-9+;;;. The van der Waals surface area contributed by atoms with Gasteiger partial charge in [-0.2, -0.15) is 0 Å². The maximum atomic E-state index is 6.29. The van der Waals surface area contributed by atoms with E-state index in [4.69, 9.17) is 5.73 Å². The summed E-state index contributed by atoms with van der Waals surface area (Å²) in [4.78, 5) is 0. The number of hydrogen-bond acceptors (Lipinski definition) is 2. The van der Waals surface area contributed by atoms with Gasteiger partial charge >= 0.3 is 0 Å². The van der Waals surface area contributed by atoms with E-state index in [0.29, 0.717) is 0 Å². The lowest BCUT2D eigenvalue weighted by Crippen LogP contribution is -1.90. The van der Waals surface area contributed by atoms with Gasteiger partial charge < -0.3 is 5.73 Å². The molecule has 0 radical (unpaired) electrons. The Morgan fingerprint density at radius 2 is 1.00 bits per heavy atom. The summed E-state index contributed by atoms with van der Waals surface area (Å²) in [6.07, 6.45) is 11.9. The zero-order valence-corrected chi connectivity index (χ0v) is 33.7. The Hall–Kier alpha value is -6.48. The number of anilines is 1. The fraction of sp³-hybridized carbons (Fsp3) is 0.0741. The van der Waals surface area contributed by atoms with E-state index >= 15 is 0 Å². The van der Waals surface area contributed by atoms with Crippen molar-refractivity contribution in [2.75, 3.05) is 5.73 Å². The van der Waals surface area contributed by atoms with Crippen molar-refractivity contribution in [3.63, 3.8) is 0 Å². The van der Waals surface area contributed by atoms with Crippen LogP contribution in [0.3, 0.4) is 0 Å². The third kappa shape index (κ3) is 12.6. The van der Waals surface area contributed by atoms with Gasteiger partial charge in [-0.05, 0) is 91.9 Å². The molecular weight excluding hydrogens is 695 g/mol. The third-order valence-electron chi connectivity index (χ3n) is 8.95. The molecule has 0 aliphatic heterocycles. The summed E-state index contributed by atoms with van der Waals surface area (Å²) in [6, 6.07) is 61.2. The van der Waals surface area contributed by atoms with E-state index in [-0.39, 0.29) is 0 Å². The largest absolute Gasteiger partial charge is 0.398 e. The van der Waals surface area contributed by atoms with Crippen LogP contribution in [0.4, 0.5) is 5.69 Å². The van der Waals surface area contributed by atoms with E-state index in [1.165, 1.54) is 53.6 Å². The van der Waals surface area contributed by atoms with E-state index in [1.54, 1.807) is 6.08 Å². The van der Waals surface area contributed by atoms with Crippen LogP contribution in [0.1, 0.15) is 29.2 Å². The van der Waals surface area contributed by atoms with E-state index in [1.807, 2.05) is 84.2 Å². The molecule has 56 heavy (non-hydrogen) atoms. The molecule has 0 unspecified atom stereocenters. The highest BCUT2D eigenvalue weighted by Crippen LogP contribution is 2.37. The number of hydrogen-bond donors (Lipinski definition) is 1. The molecule has 2 heteroatoms. The topological polar surface area (TPSA) is 26.0 Å². The number of rotatable bonds is 6. The lowest BCUT2D eigenvalue weighted by atomic mass is 9.96. The molecule has 0 atom stereocenters. The zero-order chi connectivity index (χ0) is 39.5. The highest BCUT2D eigenvalue weighted by Gasteiger charge is 2.08. The summed E-state index contributed by atoms with van der Waals surface area (Å²) in [5.74, 6) is 0. The predicted octanol–water partition coefficient (Wildman–Crippen LogP) is 15.7. The Bertz CT molecular complexity index is 2430. The van der Waals surface area contributed by atoms with Crippen molar-refractivity contribution >= 4 is 43.3 Å². The van der Waals surface area contributed by atoms with Gasteiger partial charge in [0.15, 0.2) is 0 Å². The first-order valence-electron chi connectivity index (χ1n) is 18.9. The molecule has 1 heterocycles. The van der Waals surface area contributed by atoms with Gasteiger partial charge in [-0.15, -0.1) is 11.3 Å². The molecule has 2 N–H and O–H groups in total. The Morgan fingerprint density at radius 3 is 1.55 bits per heavy atom. The molecule has 0 aliphatic rings. The van der Waals surface area contributed by atoms with Gasteiger partial charge in [-0.3, -0.25) is 0 Å². The third-order valence-corrected chi connectivity index (χ3v) is 10.1. The van der Waals surface area contributed by atoms with Gasteiger partial charge in [0.2, 0.25) is 0 Å². The van der Waals surface area contributed by atoms with E-state index < -0.39 is 0 Å². The fourth-order valence-corrected chi connectivity index (χ4v) is 6.93. The Balaban J connectivity index is 0.000000229. The van der Waals surface area contributed by atoms with E-state index in [9.17, 15) is 0 Å². The SMILES string of the molecule is C=C\C=C/C=C(C)/C=C\c1cc(-c2cccc(-c3ccc4sc5ccccc5c4c3)c2)ccc1N.Cc1ccccc1.Cc1ccccc1.Cc1ccccc1. The molecule has 8 aromatic rings. The predicted molar refractivity (Wildman–Crippen MR) is 250 cm³/mol. The molecular formula is C54H51NS. The average molecular weight is 746 g/mol. The number of benzene rings is 7. The lowest BCUT2D eigenvalue weighted by Gasteiger charge is -2.09. The number of aryl methyl sites for hydroxylation is 3. The Labute approximate surface area is 338 Å². The minimum atomic E-state index is 0.769. The molecule has 0 spiro atoms. The smallest absolute Gasteiger partial charge is 0.0388 e. The van der Waals surface area contributed by atoms with Crippen LogP contribution in [0.5, 0.6) is 0 Å². The van der Waals surface area contributed by atoms with Crippen molar-refractivity contribution in [1.82, 2.24) is 0 Å². The summed E-state index contributed by atoms with van der Waals surface area (Å²) in [6.45, 7) is 12.0. The number of allylic oxidation sites excluding steroid dienone is 6.